The van der Waals surface area contributed by atoms with E-state index in [1.807, 2.05) is 12.1 Å². The Morgan fingerprint density at radius 1 is 1.09 bits per heavy atom. The molecule has 5 rings (SSSR count). The summed E-state index contributed by atoms with van der Waals surface area (Å²) in [6.07, 6.45) is 8.12. The van der Waals surface area contributed by atoms with Gasteiger partial charge in [-0.25, -0.2) is 15.0 Å². The van der Waals surface area contributed by atoms with Gasteiger partial charge >= 0.3 is 6.01 Å². The molecule has 3 aromatic rings. The zero-order valence-electron chi connectivity index (χ0n) is 19.1. The minimum Gasteiger partial charge on any atom is -0.485 e. The zero-order valence-corrected chi connectivity index (χ0v) is 19.1. The van der Waals surface area contributed by atoms with E-state index in [9.17, 15) is 4.79 Å². The summed E-state index contributed by atoms with van der Waals surface area (Å²) < 4.78 is 19.8. The largest absolute Gasteiger partial charge is 0.485 e. The Hall–Kier alpha value is -3.20. The Bertz CT molecular complexity index is 1170. The first-order valence-corrected chi connectivity index (χ1v) is 11.5. The highest BCUT2D eigenvalue weighted by Gasteiger charge is 2.35. The van der Waals surface area contributed by atoms with Crippen LogP contribution in [0.2, 0.25) is 0 Å². The molecular weight excluding hydrogens is 422 g/mol. The highest BCUT2D eigenvalue weighted by atomic mass is 16.5. The molecule has 174 valence electrons. The highest BCUT2D eigenvalue weighted by Crippen LogP contribution is 2.38. The lowest BCUT2D eigenvalue weighted by atomic mass is 9.84. The van der Waals surface area contributed by atoms with Crippen molar-refractivity contribution >= 4 is 16.7 Å². The Balaban J connectivity index is 1.40. The number of aromatic nitrogens is 4. The molecule has 1 aromatic carbocycles. The third-order valence-electron chi connectivity index (χ3n) is 6.56. The zero-order chi connectivity index (χ0) is 22.8. The number of hydrogen-bond acceptors (Lipinski definition) is 8. The van der Waals surface area contributed by atoms with E-state index < -0.39 is 0 Å². The molecule has 1 saturated heterocycles. The van der Waals surface area contributed by atoms with E-state index in [4.69, 9.17) is 14.2 Å². The number of rotatable bonds is 5. The van der Waals surface area contributed by atoms with Crippen LogP contribution in [0.1, 0.15) is 32.6 Å². The molecule has 2 aliphatic rings. The van der Waals surface area contributed by atoms with Crippen LogP contribution in [0.3, 0.4) is 0 Å². The van der Waals surface area contributed by atoms with E-state index in [1.54, 1.807) is 30.1 Å². The van der Waals surface area contributed by atoms with Gasteiger partial charge in [0.05, 0.1) is 24.9 Å². The van der Waals surface area contributed by atoms with Crippen LogP contribution in [0.5, 0.6) is 11.8 Å². The van der Waals surface area contributed by atoms with E-state index in [1.165, 1.54) is 6.20 Å². The Kier molecular flexibility index (Phi) is 5.88. The number of fused-ring (bicyclic) bond motifs is 1. The average Bonchev–Trinajstić information content (AvgIpc) is 2.84. The lowest BCUT2D eigenvalue weighted by Gasteiger charge is -2.38. The van der Waals surface area contributed by atoms with Crippen LogP contribution in [0, 0.1) is 0 Å². The maximum atomic E-state index is 12.3. The van der Waals surface area contributed by atoms with Crippen LogP contribution >= 0.6 is 0 Å². The van der Waals surface area contributed by atoms with E-state index in [2.05, 4.69) is 26.8 Å². The van der Waals surface area contributed by atoms with Gasteiger partial charge in [-0.3, -0.25) is 4.79 Å². The number of nitrogens with zero attached hydrogens (tertiary/aromatic N) is 5. The Labute approximate surface area is 192 Å². The number of morpholine rings is 1. The molecule has 1 saturated carbocycles. The molecular formula is C24H29N5O4. The predicted molar refractivity (Wildman–Crippen MR) is 124 cm³/mol. The summed E-state index contributed by atoms with van der Waals surface area (Å²) in [6.45, 7) is 5.14. The lowest BCUT2D eigenvalue weighted by molar-refractivity contribution is 0.00777. The molecule has 0 amide bonds. The minimum absolute atomic E-state index is 0.0616. The summed E-state index contributed by atoms with van der Waals surface area (Å²) in [7, 11) is 1.76. The van der Waals surface area contributed by atoms with E-state index in [0.29, 0.717) is 25.0 Å². The second kappa shape index (κ2) is 8.97. The molecule has 2 fully saturated rings. The molecule has 0 N–H and O–H groups in total. The standard InChI is InChI=1S/C24H29N5O4/c1-24(6-4-18(5-7-24)32-23-25-8-3-9-26-23)33-20-15-17(29-10-12-31-13-11-29)14-19-22(20)28(2)21(30)16-27-19/h3,8-9,14-16,18H,4-7,10-13H2,1-2H3. The van der Waals surface area contributed by atoms with E-state index >= 15 is 0 Å². The van der Waals surface area contributed by atoms with Gasteiger partial charge in [0.1, 0.15) is 23.0 Å². The molecule has 0 bridgehead atoms. The normalized spacial score (nSPS) is 23.5. The topological polar surface area (TPSA) is 91.6 Å². The van der Waals surface area contributed by atoms with Gasteiger partial charge in [0.2, 0.25) is 0 Å². The molecule has 1 aliphatic heterocycles. The monoisotopic (exact) mass is 451 g/mol. The maximum Gasteiger partial charge on any atom is 0.316 e. The van der Waals surface area contributed by atoms with Crippen molar-refractivity contribution < 1.29 is 14.2 Å². The lowest BCUT2D eigenvalue weighted by Crippen LogP contribution is -2.40. The third kappa shape index (κ3) is 4.64. The fourth-order valence-corrected chi connectivity index (χ4v) is 4.60. The summed E-state index contributed by atoms with van der Waals surface area (Å²) in [5, 5.41) is 0. The summed E-state index contributed by atoms with van der Waals surface area (Å²) in [4.78, 5) is 27.4. The summed E-state index contributed by atoms with van der Waals surface area (Å²) in [5.41, 5.74) is 1.97. The molecule has 0 spiro atoms. The molecule has 1 aliphatic carbocycles. The van der Waals surface area contributed by atoms with Gasteiger partial charge in [0, 0.05) is 44.3 Å². The number of ether oxygens (including phenoxy) is 3. The van der Waals surface area contributed by atoms with Gasteiger partial charge in [-0.15, -0.1) is 0 Å². The van der Waals surface area contributed by atoms with Gasteiger partial charge in [-0.2, -0.15) is 0 Å². The number of aryl methyl sites for hydroxylation is 1. The number of benzene rings is 1. The van der Waals surface area contributed by atoms with Crippen molar-refractivity contribution in [1.29, 1.82) is 0 Å². The van der Waals surface area contributed by atoms with Crippen LogP contribution in [-0.2, 0) is 11.8 Å². The molecule has 0 atom stereocenters. The molecule has 2 aromatic heterocycles. The summed E-state index contributed by atoms with van der Waals surface area (Å²) >= 11 is 0. The van der Waals surface area contributed by atoms with Crippen molar-refractivity contribution in [3.8, 4) is 11.8 Å². The molecule has 3 heterocycles. The SMILES string of the molecule is Cn1c(=O)cnc2cc(N3CCOCC3)cc(OC3(C)CCC(Oc4ncccn4)CC3)c21. The molecule has 0 radical (unpaired) electrons. The van der Waals surface area contributed by atoms with E-state index in [0.717, 1.165) is 55.5 Å². The van der Waals surface area contributed by atoms with Crippen LogP contribution in [0.15, 0.2) is 41.6 Å². The third-order valence-corrected chi connectivity index (χ3v) is 6.56. The Morgan fingerprint density at radius 3 is 2.55 bits per heavy atom. The molecule has 0 unspecified atom stereocenters. The van der Waals surface area contributed by atoms with Gasteiger partial charge in [-0.05, 0) is 44.7 Å². The van der Waals surface area contributed by atoms with Crippen molar-refractivity contribution in [3.63, 3.8) is 0 Å². The fourth-order valence-electron chi connectivity index (χ4n) is 4.60. The first kappa shape index (κ1) is 21.6. The van der Waals surface area contributed by atoms with Gasteiger partial charge in [0.25, 0.3) is 5.56 Å². The van der Waals surface area contributed by atoms with Crippen LogP contribution in [-0.4, -0.2) is 57.5 Å². The van der Waals surface area contributed by atoms with Crippen LogP contribution in [0.4, 0.5) is 5.69 Å². The smallest absolute Gasteiger partial charge is 0.316 e. The van der Waals surface area contributed by atoms with Crippen molar-refractivity contribution in [2.24, 2.45) is 7.05 Å². The van der Waals surface area contributed by atoms with E-state index in [-0.39, 0.29) is 17.3 Å². The predicted octanol–water partition coefficient (Wildman–Crippen LogP) is 2.72. The average molecular weight is 452 g/mol. The van der Waals surface area contributed by atoms with Gasteiger partial charge in [-0.1, -0.05) is 0 Å². The fraction of sp³-hybridized carbons (Fsp3) is 0.500. The number of anilines is 1. The van der Waals surface area contributed by atoms with Crippen molar-refractivity contribution in [3.05, 3.63) is 47.1 Å². The molecule has 9 nitrogen and oxygen atoms in total. The van der Waals surface area contributed by atoms with Crippen molar-refractivity contribution in [2.75, 3.05) is 31.2 Å². The second-order valence-electron chi connectivity index (χ2n) is 8.97. The van der Waals surface area contributed by atoms with Gasteiger partial charge < -0.3 is 23.7 Å². The first-order valence-electron chi connectivity index (χ1n) is 11.5. The summed E-state index contributed by atoms with van der Waals surface area (Å²) in [6, 6.07) is 6.26. The van der Waals surface area contributed by atoms with Crippen LogP contribution in [0.25, 0.3) is 11.0 Å². The maximum absolute atomic E-state index is 12.3. The van der Waals surface area contributed by atoms with Crippen molar-refractivity contribution in [1.82, 2.24) is 19.5 Å². The van der Waals surface area contributed by atoms with Crippen LogP contribution < -0.4 is 19.9 Å². The highest BCUT2D eigenvalue weighted by molar-refractivity contribution is 5.86. The minimum atomic E-state index is -0.375. The number of hydrogen-bond donors (Lipinski definition) is 0. The van der Waals surface area contributed by atoms with Crippen molar-refractivity contribution in [2.45, 2.75) is 44.3 Å². The quantitative estimate of drug-likeness (QED) is 0.585. The molecule has 33 heavy (non-hydrogen) atoms. The molecule has 9 heteroatoms. The Morgan fingerprint density at radius 2 is 1.82 bits per heavy atom. The van der Waals surface area contributed by atoms with Gasteiger partial charge in [0.15, 0.2) is 0 Å². The summed E-state index contributed by atoms with van der Waals surface area (Å²) in [5.74, 6) is 0.690. The second-order valence-corrected chi connectivity index (χ2v) is 8.97. The first-order chi connectivity index (χ1) is 16.0.